The summed E-state index contributed by atoms with van der Waals surface area (Å²) in [6.45, 7) is 3.55. The predicted octanol–water partition coefficient (Wildman–Crippen LogP) is 0.971. The lowest BCUT2D eigenvalue weighted by molar-refractivity contribution is -0.130. The summed E-state index contributed by atoms with van der Waals surface area (Å²) in [6, 6.07) is -1.65. The maximum absolute atomic E-state index is 12.7. The minimum atomic E-state index is -2.41. The van der Waals surface area contributed by atoms with Crippen molar-refractivity contribution in [3.05, 3.63) is 18.2 Å². The van der Waals surface area contributed by atoms with E-state index >= 15 is 0 Å². The average Bonchev–Trinajstić information content (AvgIpc) is 3.27. The first kappa shape index (κ1) is 26.4. The van der Waals surface area contributed by atoms with Gasteiger partial charge in [-0.25, -0.2) is 4.98 Å². The van der Waals surface area contributed by atoms with Gasteiger partial charge in [0.25, 0.3) is 0 Å². The van der Waals surface area contributed by atoms with Gasteiger partial charge in [0.1, 0.15) is 6.04 Å². The number of nitrogens with two attached hydrogens (primary N) is 1. The fourth-order valence-corrected chi connectivity index (χ4v) is 5.28. The highest BCUT2D eigenvalue weighted by Gasteiger charge is 2.39. The monoisotopic (exact) mass is 470 g/mol. The van der Waals surface area contributed by atoms with Crippen LogP contribution in [0.3, 0.4) is 0 Å². The molecule has 7 N–H and O–H groups in total. The van der Waals surface area contributed by atoms with E-state index in [2.05, 4.69) is 20.6 Å². The molecule has 10 nitrogen and oxygen atoms in total. The normalized spacial score (nSPS) is 19.1. The molecule has 1 aromatic rings. The smallest absolute Gasteiger partial charge is 0.391 e. The number of nitrogens with one attached hydrogen (secondary N) is 3. The van der Waals surface area contributed by atoms with Crippen LogP contribution in [0.5, 0.6) is 0 Å². The molecule has 0 saturated heterocycles. The highest BCUT2D eigenvalue weighted by atomic mass is 31.1. The Bertz CT molecular complexity index is 739. The van der Waals surface area contributed by atoms with Gasteiger partial charge in [0, 0.05) is 37.2 Å². The third-order valence-corrected chi connectivity index (χ3v) is 7.28. The molecule has 1 fully saturated rings. The van der Waals surface area contributed by atoms with Crippen molar-refractivity contribution in [1.29, 1.82) is 0 Å². The van der Waals surface area contributed by atoms with Crippen LogP contribution in [0.25, 0.3) is 0 Å². The fraction of sp³-hybridized carbons (Fsp3) is 0.762. The number of amides is 2. The Kier molecular flexibility index (Phi) is 10.7. The molecule has 11 heteroatoms. The lowest BCUT2D eigenvalue weighted by atomic mass is 9.85. The molecule has 0 radical (unpaired) electrons. The summed E-state index contributed by atoms with van der Waals surface area (Å²) in [4.78, 5) is 41.7. The molecule has 1 aliphatic carbocycles. The van der Waals surface area contributed by atoms with Crippen molar-refractivity contribution in [3.63, 3.8) is 0 Å². The number of aromatic amines is 1. The SMILES string of the molecule is CC(C)[C@H](NC(=O)[C@@H](N)Cc1cnc[nH]1)C(=O)NC[C@H](O)CC(C1CCCCC1)[P+](=O)O. The van der Waals surface area contributed by atoms with Crippen LogP contribution in [0.1, 0.15) is 58.1 Å². The Hall–Kier alpha value is -1.87. The molecular weight excluding hydrogens is 433 g/mol. The van der Waals surface area contributed by atoms with Gasteiger partial charge < -0.3 is 26.5 Å². The van der Waals surface area contributed by atoms with E-state index in [9.17, 15) is 24.2 Å². The Morgan fingerprint density at radius 2 is 1.97 bits per heavy atom. The van der Waals surface area contributed by atoms with Crippen LogP contribution in [0.15, 0.2) is 12.5 Å². The standard InChI is InChI=1S/C21H36N5O5P/c1-13(2)19(26-20(28)17(22)8-15-10-23-12-25-15)21(29)24-11-16(27)9-18(32(30)31)14-6-4-3-5-7-14/h10,12-14,16-19,27H,3-9,11,22H2,1-2H3,(H3-,23,24,25,26,28,29,30,31)/p+1/t16-,17+,18?,19+/m1/s1. The van der Waals surface area contributed by atoms with E-state index in [1.807, 2.05) is 0 Å². The number of hydrogen-bond donors (Lipinski definition) is 6. The third kappa shape index (κ3) is 8.24. The number of hydrogen-bond acceptors (Lipinski definition) is 6. The number of carbonyl (C=O) groups is 2. The highest BCUT2D eigenvalue weighted by molar-refractivity contribution is 7.38. The third-order valence-electron chi connectivity index (χ3n) is 6.08. The molecule has 1 heterocycles. The van der Waals surface area contributed by atoms with Crippen molar-refractivity contribution in [3.8, 4) is 0 Å². The number of carbonyl (C=O) groups excluding carboxylic acids is 2. The van der Waals surface area contributed by atoms with Crippen LogP contribution in [-0.4, -0.2) is 62.2 Å². The molecule has 1 aromatic heterocycles. The van der Waals surface area contributed by atoms with Gasteiger partial charge in [-0.2, -0.15) is 4.89 Å². The Morgan fingerprint density at radius 1 is 1.28 bits per heavy atom. The first-order valence-corrected chi connectivity index (χ1v) is 12.6. The molecule has 180 valence electrons. The molecule has 1 aliphatic rings. The summed E-state index contributed by atoms with van der Waals surface area (Å²) in [6.07, 6.45) is 7.57. The molecule has 5 atom stereocenters. The second-order valence-corrected chi connectivity index (χ2v) is 10.3. The topological polar surface area (TPSA) is 170 Å². The van der Waals surface area contributed by atoms with E-state index in [-0.39, 0.29) is 31.2 Å². The molecule has 0 aromatic carbocycles. The van der Waals surface area contributed by atoms with E-state index in [0.717, 1.165) is 37.8 Å². The second kappa shape index (κ2) is 13.0. The van der Waals surface area contributed by atoms with E-state index in [4.69, 9.17) is 5.73 Å². The quantitative estimate of drug-likeness (QED) is 0.247. The Labute approximate surface area is 190 Å². The Morgan fingerprint density at radius 3 is 2.53 bits per heavy atom. The number of aromatic nitrogens is 2. The number of nitrogens with zero attached hydrogens (tertiary/aromatic N) is 1. The van der Waals surface area contributed by atoms with Gasteiger partial charge in [-0.1, -0.05) is 33.1 Å². The van der Waals surface area contributed by atoms with Crippen LogP contribution in [-0.2, 0) is 20.6 Å². The van der Waals surface area contributed by atoms with Gasteiger partial charge in [-0.3, -0.25) is 9.59 Å². The van der Waals surface area contributed by atoms with Crippen LogP contribution in [0.2, 0.25) is 0 Å². The lowest BCUT2D eigenvalue weighted by Crippen LogP contribution is -2.55. The molecule has 2 rings (SSSR count). The van der Waals surface area contributed by atoms with Gasteiger partial charge in [0.05, 0.1) is 18.5 Å². The minimum Gasteiger partial charge on any atom is -0.391 e. The van der Waals surface area contributed by atoms with E-state index in [1.165, 1.54) is 6.33 Å². The summed E-state index contributed by atoms with van der Waals surface area (Å²) in [5.41, 5.74) is 6.19. The number of aliphatic hydroxyl groups is 1. The van der Waals surface area contributed by atoms with Gasteiger partial charge in [-0.05, 0) is 23.3 Å². The van der Waals surface area contributed by atoms with Crippen LogP contribution >= 0.6 is 8.03 Å². The van der Waals surface area contributed by atoms with E-state index in [1.54, 1.807) is 20.0 Å². The van der Waals surface area contributed by atoms with Crippen molar-refractivity contribution in [2.45, 2.75) is 82.6 Å². The highest BCUT2D eigenvalue weighted by Crippen LogP contribution is 2.40. The summed E-state index contributed by atoms with van der Waals surface area (Å²) >= 11 is 0. The maximum Gasteiger partial charge on any atom is 0.509 e. The van der Waals surface area contributed by atoms with Gasteiger partial charge >= 0.3 is 8.03 Å². The molecule has 0 spiro atoms. The van der Waals surface area contributed by atoms with E-state index in [0.29, 0.717) is 0 Å². The van der Waals surface area contributed by atoms with Crippen LogP contribution < -0.4 is 16.4 Å². The molecular formula is C21H37N5O5P+. The minimum absolute atomic E-state index is 0.0511. The van der Waals surface area contributed by atoms with Gasteiger partial charge in [-0.15, -0.1) is 0 Å². The fourth-order valence-electron chi connectivity index (χ4n) is 4.19. The number of aliphatic hydroxyl groups excluding tert-OH is 1. The largest absolute Gasteiger partial charge is 0.509 e. The zero-order chi connectivity index (χ0) is 23.7. The van der Waals surface area contributed by atoms with Crippen molar-refractivity contribution in [1.82, 2.24) is 20.6 Å². The summed E-state index contributed by atoms with van der Waals surface area (Å²) < 4.78 is 11.9. The first-order chi connectivity index (χ1) is 15.2. The lowest BCUT2D eigenvalue weighted by Gasteiger charge is -2.26. The molecule has 0 bridgehead atoms. The first-order valence-electron chi connectivity index (χ1n) is 11.3. The summed E-state index contributed by atoms with van der Waals surface area (Å²) in [5, 5.41) is 15.8. The average molecular weight is 471 g/mol. The van der Waals surface area contributed by atoms with Crippen molar-refractivity contribution < 1.29 is 24.2 Å². The zero-order valence-electron chi connectivity index (χ0n) is 18.9. The second-order valence-electron chi connectivity index (χ2n) is 9.02. The summed E-state index contributed by atoms with van der Waals surface area (Å²) in [5.74, 6) is -0.952. The van der Waals surface area contributed by atoms with Crippen molar-refractivity contribution >= 4 is 19.8 Å². The molecule has 32 heavy (non-hydrogen) atoms. The predicted molar refractivity (Wildman–Crippen MR) is 121 cm³/mol. The van der Waals surface area contributed by atoms with Crippen molar-refractivity contribution in [2.75, 3.05) is 6.54 Å². The maximum atomic E-state index is 12.7. The van der Waals surface area contributed by atoms with E-state index < -0.39 is 43.7 Å². The van der Waals surface area contributed by atoms with Gasteiger partial charge in [0.15, 0.2) is 5.66 Å². The molecule has 2 amide bonds. The number of H-pyrrole nitrogens is 1. The van der Waals surface area contributed by atoms with Crippen molar-refractivity contribution in [2.24, 2.45) is 17.6 Å². The molecule has 0 aliphatic heterocycles. The molecule has 1 saturated carbocycles. The van der Waals surface area contributed by atoms with Crippen LogP contribution in [0.4, 0.5) is 0 Å². The molecule has 2 unspecified atom stereocenters. The summed E-state index contributed by atoms with van der Waals surface area (Å²) in [7, 11) is -2.41. The Balaban J connectivity index is 1.85. The zero-order valence-corrected chi connectivity index (χ0v) is 19.8. The number of rotatable bonds is 12. The van der Waals surface area contributed by atoms with Gasteiger partial charge in [0.2, 0.25) is 11.8 Å². The van der Waals surface area contributed by atoms with Crippen LogP contribution in [0, 0.1) is 11.8 Å². The number of imidazole rings is 1.